The molecule has 0 aliphatic rings. The van der Waals surface area contributed by atoms with E-state index in [1.807, 2.05) is 58.0 Å². The van der Waals surface area contributed by atoms with Crippen LogP contribution in [0.5, 0.6) is 5.75 Å². The highest BCUT2D eigenvalue weighted by molar-refractivity contribution is 7.92. The number of nitrogens with one attached hydrogen (secondary N) is 1. The quantitative estimate of drug-likeness (QED) is 0.360. The average molecular weight is 570 g/mol. The fraction of sp³-hybridized carbons (Fsp3) is 0.333. The molecule has 2 amide bonds. The Morgan fingerprint density at radius 1 is 0.950 bits per heavy atom. The zero-order chi connectivity index (χ0) is 29.5. The van der Waals surface area contributed by atoms with Crippen LogP contribution in [-0.4, -0.2) is 49.9 Å². The van der Waals surface area contributed by atoms with E-state index < -0.39 is 39.9 Å². The summed E-state index contributed by atoms with van der Waals surface area (Å²) in [5.74, 6) is -1.00. The van der Waals surface area contributed by atoms with Crippen LogP contribution in [0.1, 0.15) is 40.2 Å². The van der Waals surface area contributed by atoms with Crippen LogP contribution in [-0.2, 0) is 26.2 Å². The molecule has 0 aliphatic heterocycles. The molecule has 0 bridgehead atoms. The maximum atomic E-state index is 13.9. The smallest absolute Gasteiger partial charge is 0.264 e. The molecule has 1 N–H and O–H groups in total. The van der Waals surface area contributed by atoms with Gasteiger partial charge in [-0.05, 0) is 88.7 Å². The first-order valence-corrected chi connectivity index (χ1v) is 14.4. The van der Waals surface area contributed by atoms with Crippen molar-refractivity contribution in [2.75, 3.05) is 17.5 Å². The molecule has 0 heterocycles. The van der Waals surface area contributed by atoms with E-state index in [1.165, 1.54) is 17.0 Å². The number of hydrogen-bond acceptors (Lipinski definition) is 5. The lowest BCUT2D eigenvalue weighted by molar-refractivity contribution is -0.140. The van der Waals surface area contributed by atoms with Crippen molar-refractivity contribution < 1.29 is 27.1 Å². The molecule has 8 nitrogen and oxygen atoms in total. The number of rotatable bonds is 11. The molecule has 0 radical (unpaired) electrons. The number of anilines is 1. The summed E-state index contributed by atoms with van der Waals surface area (Å²) in [6.45, 7) is 8.88. The first kappa shape index (κ1) is 30.6. The summed E-state index contributed by atoms with van der Waals surface area (Å²) in [6.07, 6.45) is 0. The Hall–Kier alpha value is -3.92. The first-order chi connectivity index (χ1) is 18.8. The Labute approximate surface area is 235 Å². The maximum Gasteiger partial charge on any atom is 0.264 e. The van der Waals surface area contributed by atoms with Gasteiger partial charge in [0.1, 0.15) is 24.2 Å². The third-order valence-electron chi connectivity index (χ3n) is 5.98. The van der Waals surface area contributed by atoms with Gasteiger partial charge in [-0.25, -0.2) is 12.8 Å². The van der Waals surface area contributed by atoms with Crippen LogP contribution in [0.15, 0.2) is 83.8 Å². The van der Waals surface area contributed by atoms with Gasteiger partial charge in [-0.3, -0.25) is 13.9 Å². The van der Waals surface area contributed by atoms with Gasteiger partial charge >= 0.3 is 0 Å². The maximum absolute atomic E-state index is 13.9. The molecule has 3 rings (SSSR count). The fourth-order valence-electron chi connectivity index (χ4n) is 3.97. The van der Waals surface area contributed by atoms with Crippen LogP contribution >= 0.6 is 0 Å². The van der Waals surface area contributed by atoms with Gasteiger partial charge in [-0.1, -0.05) is 30.3 Å². The van der Waals surface area contributed by atoms with Crippen LogP contribution in [0.2, 0.25) is 0 Å². The molecule has 0 aromatic heterocycles. The second-order valence-corrected chi connectivity index (χ2v) is 12.2. The van der Waals surface area contributed by atoms with E-state index in [1.54, 1.807) is 19.1 Å². The lowest BCUT2D eigenvalue weighted by Gasteiger charge is -2.33. The van der Waals surface area contributed by atoms with E-state index in [0.717, 1.165) is 34.1 Å². The number of carbonyl (C=O) groups is 2. The average Bonchev–Trinajstić information content (AvgIpc) is 2.90. The van der Waals surface area contributed by atoms with Crippen LogP contribution in [0, 0.1) is 5.82 Å². The molecule has 0 saturated heterocycles. The van der Waals surface area contributed by atoms with Crippen molar-refractivity contribution in [1.82, 2.24) is 10.2 Å². The number of halogens is 1. The number of amides is 2. The van der Waals surface area contributed by atoms with E-state index in [0.29, 0.717) is 12.4 Å². The Kier molecular flexibility index (Phi) is 9.92. The van der Waals surface area contributed by atoms with E-state index in [2.05, 4.69) is 5.32 Å². The Morgan fingerprint density at radius 3 is 2.10 bits per heavy atom. The number of nitrogens with zero attached hydrogens (tertiary/aromatic N) is 2. The van der Waals surface area contributed by atoms with Gasteiger partial charge in [0.15, 0.2) is 0 Å². The third kappa shape index (κ3) is 8.05. The molecule has 3 aromatic carbocycles. The molecule has 0 spiro atoms. The first-order valence-electron chi connectivity index (χ1n) is 13.0. The highest BCUT2D eigenvalue weighted by Gasteiger charge is 2.33. The fourth-order valence-corrected chi connectivity index (χ4v) is 5.39. The van der Waals surface area contributed by atoms with Gasteiger partial charge in [0.2, 0.25) is 11.8 Å². The summed E-state index contributed by atoms with van der Waals surface area (Å²) in [6, 6.07) is 18.9. The standard InChI is InChI=1S/C30H36FN3O5S/c1-6-39-26-16-14-25(15-17-26)34(40(37,38)27-18-12-24(31)13-19-27)21-28(35)33(20-23-10-8-7-9-11-23)22(2)29(36)32-30(3,4)5/h7-19,22H,6,20-21H2,1-5H3,(H,32,36). The summed E-state index contributed by atoms with van der Waals surface area (Å²) < 4.78 is 47.6. The molecule has 214 valence electrons. The number of hydrogen-bond donors (Lipinski definition) is 1. The molecule has 40 heavy (non-hydrogen) atoms. The minimum Gasteiger partial charge on any atom is -0.494 e. The van der Waals surface area contributed by atoms with Gasteiger partial charge in [-0.15, -0.1) is 0 Å². The van der Waals surface area contributed by atoms with Gasteiger partial charge < -0.3 is 15.0 Å². The monoisotopic (exact) mass is 569 g/mol. The molecule has 10 heteroatoms. The topological polar surface area (TPSA) is 96.0 Å². The summed E-state index contributed by atoms with van der Waals surface area (Å²) >= 11 is 0. The number of benzene rings is 3. The zero-order valence-corrected chi connectivity index (χ0v) is 24.2. The van der Waals surface area contributed by atoms with Gasteiger partial charge in [-0.2, -0.15) is 0 Å². The summed E-state index contributed by atoms with van der Waals surface area (Å²) in [5, 5.41) is 2.89. The highest BCUT2D eigenvalue weighted by atomic mass is 32.2. The number of ether oxygens (including phenoxy) is 1. The van der Waals surface area contributed by atoms with Crippen molar-refractivity contribution in [3.63, 3.8) is 0 Å². The van der Waals surface area contributed by atoms with Crippen molar-refractivity contribution in [3.8, 4) is 5.75 Å². The molecule has 0 saturated carbocycles. The van der Waals surface area contributed by atoms with Crippen molar-refractivity contribution in [3.05, 3.63) is 90.2 Å². The Balaban J connectivity index is 2.02. The lowest BCUT2D eigenvalue weighted by atomic mass is 10.1. The van der Waals surface area contributed by atoms with Crippen molar-refractivity contribution in [2.45, 2.75) is 57.6 Å². The molecule has 0 aliphatic carbocycles. The van der Waals surface area contributed by atoms with Gasteiger partial charge in [0.25, 0.3) is 10.0 Å². The van der Waals surface area contributed by atoms with E-state index in [-0.39, 0.29) is 23.0 Å². The van der Waals surface area contributed by atoms with Crippen molar-refractivity contribution in [2.24, 2.45) is 0 Å². The molecule has 0 fully saturated rings. The Bertz CT molecular complexity index is 1390. The van der Waals surface area contributed by atoms with Crippen molar-refractivity contribution in [1.29, 1.82) is 0 Å². The predicted octanol–water partition coefficient (Wildman–Crippen LogP) is 4.75. The predicted molar refractivity (Wildman–Crippen MR) is 153 cm³/mol. The van der Waals surface area contributed by atoms with E-state index >= 15 is 0 Å². The minimum atomic E-state index is -4.29. The van der Waals surface area contributed by atoms with Gasteiger partial charge in [0.05, 0.1) is 17.2 Å². The van der Waals surface area contributed by atoms with Crippen LogP contribution in [0.25, 0.3) is 0 Å². The Morgan fingerprint density at radius 2 is 1.55 bits per heavy atom. The largest absolute Gasteiger partial charge is 0.494 e. The van der Waals surface area contributed by atoms with Crippen molar-refractivity contribution >= 4 is 27.5 Å². The lowest BCUT2D eigenvalue weighted by Crippen LogP contribution is -2.54. The summed E-state index contributed by atoms with van der Waals surface area (Å²) in [5.41, 5.74) is 0.459. The third-order valence-corrected chi connectivity index (χ3v) is 7.77. The van der Waals surface area contributed by atoms with E-state index in [4.69, 9.17) is 4.74 Å². The molecule has 3 aromatic rings. The number of sulfonamides is 1. The minimum absolute atomic E-state index is 0.0894. The van der Waals surface area contributed by atoms with Crippen LogP contribution < -0.4 is 14.4 Å². The highest BCUT2D eigenvalue weighted by Crippen LogP contribution is 2.27. The van der Waals surface area contributed by atoms with Crippen LogP contribution in [0.4, 0.5) is 10.1 Å². The number of carbonyl (C=O) groups excluding carboxylic acids is 2. The SMILES string of the molecule is CCOc1ccc(N(CC(=O)N(Cc2ccccc2)C(C)C(=O)NC(C)(C)C)S(=O)(=O)c2ccc(F)cc2)cc1. The zero-order valence-electron chi connectivity index (χ0n) is 23.4. The van der Waals surface area contributed by atoms with E-state index in [9.17, 15) is 22.4 Å². The molecule has 1 unspecified atom stereocenters. The second kappa shape index (κ2) is 13.0. The summed E-state index contributed by atoms with van der Waals surface area (Å²) in [4.78, 5) is 28.2. The molecular formula is C30H36FN3O5S. The summed E-state index contributed by atoms with van der Waals surface area (Å²) in [7, 11) is -4.29. The second-order valence-electron chi connectivity index (χ2n) is 10.3. The van der Waals surface area contributed by atoms with Crippen LogP contribution in [0.3, 0.4) is 0 Å². The molecular weight excluding hydrogens is 533 g/mol. The molecule has 1 atom stereocenters. The van der Waals surface area contributed by atoms with Gasteiger partial charge in [0, 0.05) is 12.1 Å². The normalized spacial score (nSPS) is 12.3.